The highest BCUT2D eigenvalue weighted by atomic mass is 32.2. The molecule has 0 radical (unpaired) electrons. The monoisotopic (exact) mass is 447 g/mol. The number of aryl methyl sites for hydroxylation is 1. The van der Waals surface area contributed by atoms with Gasteiger partial charge in [0.05, 0.1) is 5.56 Å². The topological polar surface area (TPSA) is 74.8 Å². The van der Waals surface area contributed by atoms with Crippen LogP contribution >= 0.6 is 11.8 Å². The number of H-pyrrole nitrogens is 1. The fourth-order valence-electron chi connectivity index (χ4n) is 4.33. The zero-order chi connectivity index (χ0) is 22.2. The Morgan fingerprint density at radius 3 is 2.56 bits per heavy atom. The number of allylic oxidation sites excluding steroid dienone is 2. The van der Waals surface area contributed by atoms with Gasteiger partial charge < -0.3 is 10.3 Å². The smallest absolute Gasteiger partial charge is 0.257 e. The Morgan fingerprint density at radius 2 is 1.81 bits per heavy atom. The number of hydrogen-bond donors (Lipinski definition) is 2. The van der Waals surface area contributed by atoms with Crippen molar-refractivity contribution in [3.63, 3.8) is 0 Å². The maximum absolute atomic E-state index is 13.6. The van der Waals surface area contributed by atoms with Gasteiger partial charge in [0.15, 0.2) is 10.9 Å². The first-order chi connectivity index (χ1) is 15.5. The fraction of sp³-hybridized carbons (Fsp3) is 0.240. The van der Waals surface area contributed by atoms with Crippen LogP contribution in [0.3, 0.4) is 0 Å². The molecule has 1 aliphatic carbocycles. The summed E-state index contributed by atoms with van der Waals surface area (Å²) in [6, 6.07) is 14.2. The van der Waals surface area contributed by atoms with Crippen molar-refractivity contribution in [3.05, 3.63) is 98.2 Å². The molecular formula is C25H22FN3O2S. The third-order valence-corrected chi connectivity index (χ3v) is 6.88. The van der Waals surface area contributed by atoms with Crippen LogP contribution in [0.2, 0.25) is 0 Å². The number of ketones is 1. The van der Waals surface area contributed by atoms with Gasteiger partial charge in [0.25, 0.3) is 5.56 Å². The summed E-state index contributed by atoms with van der Waals surface area (Å²) in [6.45, 7) is 2.04. The molecule has 32 heavy (non-hydrogen) atoms. The minimum atomic E-state index is -0.554. The summed E-state index contributed by atoms with van der Waals surface area (Å²) in [6.07, 6.45) is 1.93. The molecule has 5 nitrogen and oxygen atoms in total. The average molecular weight is 448 g/mol. The van der Waals surface area contributed by atoms with E-state index in [1.807, 2.05) is 6.92 Å². The normalized spacial score (nSPS) is 17.6. The van der Waals surface area contributed by atoms with E-state index in [9.17, 15) is 14.0 Å². The van der Waals surface area contributed by atoms with Crippen molar-refractivity contribution in [2.24, 2.45) is 0 Å². The molecule has 1 aliphatic heterocycles. The van der Waals surface area contributed by atoms with Crippen LogP contribution in [-0.2, 0) is 10.5 Å². The third kappa shape index (κ3) is 3.88. The number of rotatable bonds is 4. The fourth-order valence-corrected chi connectivity index (χ4v) is 5.15. The highest BCUT2D eigenvalue weighted by Gasteiger charge is 2.37. The van der Waals surface area contributed by atoms with Gasteiger partial charge in [-0.15, -0.1) is 0 Å². The number of hydrogen-bond acceptors (Lipinski definition) is 5. The Hall–Kier alpha value is -3.19. The minimum Gasteiger partial charge on any atom is -0.343 e. The number of anilines is 1. The molecule has 0 bridgehead atoms. The lowest BCUT2D eigenvalue weighted by Crippen LogP contribution is -2.32. The second kappa shape index (κ2) is 8.39. The molecule has 0 saturated heterocycles. The second-order valence-corrected chi connectivity index (χ2v) is 9.15. The number of thioether (sulfide) groups is 1. The van der Waals surface area contributed by atoms with Crippen LogP contribution < -0.4 is 10.9 Å². The zero-order valence-corrected chi connectivity index (χ0v) is 18.4. The van der Waals surface area contributed by atoms with E-state index in [-0.39, 0.29) is 17.2 Å². The molecule has 5 rings (SSSR count). The Morgan fingerprint density at radius 1 is 1.06 bits per heavy atom. The Balaban J connectivity index is 1.54. The first-order valence-corrected chi connectivity index (χ1v) is 11.6. The van der Waals surface area contributed by atoms with E-state index < -0.39 is 5.92 Å². The van der Waals surface area contributed by atoms with Gasteiger partial charge in [0.2, 0.25) is 0 Å². The highest BCUT2D eigenvalue weighted by molar-refractivity contribution is 7.98. The molecular weight excluding hydrogens is 425 g/mol. The predicted molar refractivity (Wildman–Crippen MR) is 123 cm³/mol. The number of nitrogens with zero attached hydrogens (tertiary/aromatic N) is 1. The second-order valence-electron chi connectivity index (χ2n) is 8.19. The molecule has 1 atom stereocenters. The van der Waals surface area contributed by atoms with Crippen molar-refractivity contribution in [3.8, 4) is 0 Å². The molecule has 2 N–H and O–H groups in total. The molecule has 7 heteroatoms. The summed E-state index contributed by atoms with van der Waals surface area (Å²) in [5.74, 6) is 0.262. The van der Waals surface area contributed by atoms with E-state index in [0.717, 1.165) is 24.1 Å². The van der Waals surface area contributed by atoms with Crippen molar-refractivity contribution in [1.82, 2.24) is 9.97 Å². The van der Waals surface area contributed by atoms with Crippen LogP contribution in [0.1, 0.15) is 47.4 Å². The van der Waals surface area contributed by atoms with Gasteiger partial charge >= 0.3 is 0 Å². The average Bonchev–Trinajstić information content (AvgIpc) is 2.78. The van der Waals surface area contributed by atoms with Crippen molar-refractivity contribution in [1.29, 1.82) is 0 Å². The van der Waals surface area contributed by atoms with E-state index in [2.05, 4.69) is 34.6 Å². The summed E-state index contributed by atoms with van der Waals surface area (Å²) < 4.78 is 13.6. The lowest BCUT2D eigenvalue weighted by atomic mass is 9.76. The summed E-state index contributed by atoms with van der Waals surface area (Å²) in [4.78, 5) is 33.6. The van der Waals surface area contributed by atoms with Crippen LogP contribution in [0.5, 0.6) is 0 Å². The Kier molecular flexibility index (Phi) is 5.43. The molecule has 1 unspecified atom stereocenters. The number of nitrogens with one attached hydrogen (secondary N) is 2. The standard InChI is InChI=1S/C25H22FN3O2S/c1-14-5-7-15(8-6-14)13-32-25-28-23-22(24(31)29-25)20(16-9-11-17(26)12-10-16)21-18(27-23)3-2-4-19(21)30/h5-12,20H,2-4,13H2,1H3,(H2,27,28,29,31). The van der Waals surface area contributed by atoms with Crippen molar-refractivity contribution >= 4 is 23.4 Å². The van der Waals surface area contributed by atoms with Crippen LogP contribution in [0.15, 0.2) is 69.8 Å². The minimum absolute atomic E-state index is 0.0240. The summed E-state index contributed by atoms with van der Waals surface area (Å²) in [5.41, 5.74) is 4.59. The van der Waals surface area contributed by atoms with E-state index in [0.29, 0.717) is 39.8 Å². The summed E-state index contributed by atoms with van der Waals surface area (Å²) >= 11 is 1.46. The maximum Gasteiger partial charge on any atom is 0.257 e. The van der Waals surface area contributed by atoms with Crippen LogP contribution in [-0.4, -0.2) is 15.8 Å². The number of aromatic nitrogens is 2. The van der Waals surface area contributed by atoms with Crippen molar-refractivity contribution < 1.29 is 9.18 Å². The molecule has 0 amide bonds. The molecule has 2 aromatic carbocycles. The van der Waals surface area contributed by atoms with Gasteiger partial charge in [0, 0.05) is 29.4 Å². The molecule has 3 aromatic rings. The lowest BCUT2D eigenvalue weighted by molar-refractivity contribution is -0.116. The largest absolute Gasteiger partial charge is 0.343 e. The van der Waals surface area contributed by atoms with Gasteiger partial charge in [-0.25, -0.2) is 9.37 Å². The van der Waals surface area contributed by atoms with Gasteiger partial charge in [-0.05, 0) is 43.0 Å². The number of carbonyl (C=O) groups excluding carboxylic acids is 1. The third-order valence-electron chi connectivity index (χ3n) is 5.94. The number of carbonyl (C=O) groups is 1. The maximum atomic E-state index is 13.6. The molecule has 2 aliphatic rings. The quantitative estimate of drug-likeness (QED) is 0.431. The molecule has 0 spiro atoms. The number of fused-ring (bicyclic) bond motifs is 1. The van der Waals surface area contributed by atoms with E-state index >= 15 is 0 Å². The van der Waals surface area contributed by atoms with Gasteiger partial charge in [0.1, 0.15) is 11.6 Å². The number of benzene rings is 2. The van der Waals surface area contributed by atoms with E-state index in [4.69, 9.17) is 4.98 Å². The lowest BCUT2D eigenvalue weighted by Gasteiger charge is -2.32. The van der Waals surface area contributed by atoms with Crippen LogP contribution in [0, 0.1) is 12.7 Å². The predicted octanol–water partition coefficient (Wildman–Crippen LogP) is 5.07. The Bertz CT molecular complexity index is 1280. The van der Waals surface area contributed by atoms with E-state index in [1.165, 1.54) is 29.5 Å². The van der Waals surface area contributed by atoms with E-state index in [1.54, 1.807) is 12.1 Å². The SMILES string of the molecule is Cc1ccc(CSc2nc3c(c(=O)[nH]2)C(c2ccc(F)cc2)C2=C(CCCC2=O)N3)cc1. The molecule has 0 fully saturated rings. The Labute approximate surface area is 189 Å². The summed E-state index contributed by atoms with van der Waals surface area (Å²) in [5, 5.41) is 3.79. The molecule has 2 heterocycles. The van der Waals surface area contributed by atoms with Crippen LogP contribution in [0.4, 0.5) is 10.2 Å². The van der Waals surface area contributed by atoms with Crippen molar-refractivity contribution in [2.45, 2.75) is 43.0 Å². The highest BCUT2D eigenvalue weighted by Crippen LogP contribution is 2.43. The molecule has 0 saturated carbocycles. The first kappa shape index (κ1) is 20.7. The molecule has 1 aromatic heterocycles. The van der Waals surface area contributed by atoms with Crippen molar-refractivity contribution in [2.75, 3.05) is 5.32 Å². The number of Topliss-reactive ketones (excluding diaryl/α,β-unsaturated/α-hetero) is 1. The zero-order valence-electron chi connectivity index (χ0n) is 17.6. The summed E-state index contributed by atoms with van der Waals surface area (Å²) in [7, 11) is 0. The first-order valence-electron chi connectivity index (χ1n) is 10.6. The van der Waals surface area contributed by atoms with Gasteiger partial charge in [-0.3, -0.25) is 9.59 Å². The molecule has 162 valence electrons. The van der Waals surface area contributed by atoms with Gasteiger partial charge in [-0.1, -0.05) is 53.7 Å². The van der Waals surface area contributed by atoms with Crippen LogP contribution in [0.25, 0.3) is 0 Å². The number of halogens is 1. The van der Waals surface area contributed by atoms with Gasteiger partial charge in [-0.2, -0.15) is 0 Å². The number of aromatic amines is 1.